The van der Waals surface area contributed by atoms with Crippen molar-refractivity contribution in [1.29, 1.82) is 0 Å². The summed E-state index contributed by atoms with van der Waals surface area (Å²) < 4.78 is 0. The van der Waals surface area contributed by atoms with Crippen molar-refractivity contribution >= 4 is 34.2 Å². The van der Waals surface area contributed by atoms with Gasteiger partial charge in [-0.2, -0.15) is 0 Å². The van der Waals surface area contributed by atoms with Crippen LogP contribution in [0.15, 0.2) is 23.6 Å². The summed E-state index contributed by atoms with van der Waals surface area (Å²) in [4.78, 5) is 42.4. The number of piperidine rings is 1. The third-order valence-corrected chi connectivity index (χ3v) is 6.63. The maximum atomic E-state index is 12.7. The van der Waals surface area contributed by atoms with E-state index in [9.17, 15) is 14.4 Å². The van der Waals surface area contributed by atoms with Gasteiger partial charge in [-0.25, -0.2) is 4.98 Å². The number of carbonyl (C=O) groups excluding carboxylic acids is 3. The Kier molecular flexibility index (Phi) is 4.18. The van der Waals surface area contributed by atoms with Gasteiger partial charge in [0.2, 0.25) is 11.8 Å². The summed E-state index contributed by atoms with van der Waals surface area (Å²) in [6.07, 6.45) is 2.59. The van der Waals surface area contributed by atoms with Crippen molar-refractivity contribution in [3.63, 3.8) is 0 Å². The number of amides is 3. The lowest BCUT2D eigenvalue weighted by atomic mass is 10.0. The van der Waals surface area contributed by atoms with Crippen LogP contribution in [0.25, 0.3) is 0 Å². The van der Waals surface area contributed by atoms with E-state index in [1.165, 1.54) is 0 Å². The number of hydrogen-bond acceptors (Lipinski definition) is 7. The summed E-state index contributed by atoms with van der Waals surface area (Å²) >= 11 is 1.54. The number of thiazole rings is 1. The van der Waals surface area contributed by atoms with E-state index in [4.69, 9.17) is 5.73 Å². The van der Waals surface area contributed by atoms with Crippen molar-refractivity contribution < 1.29 is 14.4 Å². The number of carbonyl (C=O) groups is 3. The number of benzene rings is 1. The van der Waals surface area contributed by atoms with E-state index >= 15 is 0 Å². The fourth-order valence-electron chi connectivity index (χ4n) is 3.89. The number of fused-ring (bicyclic) bond motifs is 1. The summed E-state index contributed by atoms with van der Waals surface area (Å²) in [5, 5.41) is 8.49. The van der Waals surface area contributed by atoms with Gasteiger partial charge in [0.25, 0.3) is 5.91 Å². The SMILES string of the molecule is NC1(c2csc(NCc3ccc4c(c3)CN(C3CCC(=O)NC3=O)C4=O)n2)CC1. The Morgan fingerprint density at radius 2 is 2.14 bits per heavy atom. The fourth-order valence-corrected chi connectivity index (χ4v) is 4.71. The lowest BCUT2D eigenvalue weighted by Crippen LogP contribution is -2.52. The summed E-state index contributed by atoms with van der Waals surface area (Å²) in [7, 11) is 0. The Morgan fingerprint density at radius 3 is 2.90 bits per heavy atom. The third-order valence-electron chi connectivity index (χ3n) is 5.83. The first-order valence-electron chi connectivity index (χ1n) is 9.68. The van der Waals surface area contributed by atoms with E-state index in [-0.39, 0.29) is 23.8 Å². The normalized spacial score (nSPS) is 22.4. The summed E-state index contributed by atoms with van der Waals surface area (Å²) in [5.41, 5.74) is 9.46. The van der Waals surface area contributed by atoms with Gasteiger partial charge >= 0.3 is 0 Å². The number of nitrogens with two attached hydrogens (primary N) is 1. The molecule has 2 aliphatic heterocycles. The zero-order valence-corrected chi connectivity index (χ0v) is 16.6. The largest absolute Gasteiger partial charge is 0.357 e. The van der Waals surface area contributed by atoms with E-state index in [2.05, 4.69) is 15.6 Å². The van der Waals surface area contributed by atoms with E-state index in [1.807, 2.05) is 23.6 Å². The lowest BCUT2D eigenvalue weighted by Gasteiger charge is -2.29. The molecule has 150 valence electrons. The Balaban J connectivity index is 1.26. The molecule has 3 heterocycles. The summed E-state index contributed by atoms with van der Waals surface area (Å²) in [5.74, 6) is -0.829. The van der Waals surface area contributed by atoms with E-state index in [1.54, 1.807) is 16.2 Å². The van der Waals surface area contributed by atoms with Crippen LogP contribution in [0.2, 0.25) is 0 Å². The van der Waals surface area contributed by atoms with Gasteiger partial charge in [-0.05, 0) is 36.5 Å². The molecule has 29 heavy (non-hydrogen) atoms. The predicted octanol–water partition coefficient (Wildman–Crippen LogP) is 1.46. The first kappa shape index (κ1) is 18.3. The number of imide groups is 1. The van der Waals surface area contributed by atoms with Gasteiger partial charge in [0.05, 0.1) is 11.2 Å². The number of aromatic nitrogens is 1. The van der Waals surface area contributed by atoms with Crippen LogP contribution < -0.4 is 16.4 Å². The van der Waals surface area contributed by atoms with Gasteiger partial charge in [-0.1, -0.05) is 12.1 Å². The van der Waals surface area contributed by atoms with Gasteiger partial charge in [-0.15, -0.1) is 11.3 Å². The molecule has 1 atom stereocenters. The average molecular weight is 411 g/mol. The molecule has 4 N–H and O–H groups in total. The topological polar surface area (TPSA) is 117 Å². The molecule has 2 fully saturated rings. The highest BCUT2D eigenvalue weighted by atomic mass is 32.1. The maximum Gasteiger partial charge on any atom is 0.255 e. The second-order valence-electron chi connectivity index (χ2n) is 7.94. The molecule has 3 amide bonds. The number of anilines is 1. The number of nitrogens with one attached hydrogen (secondary N) is 2. The minimum Gasteiger partial charge on any atom is -0.357 e. The maximum absolute atomic E-state index is 12.7. The monoisotopic (exact) mass is 411 g/mol. The van der Waals surface area contributed by atoms with Crippen LogP contribution in [0.1, 0.15) is 52.9 Å². The molecular formula is C20H21N5O3S. The van der Waals surface area contributed by atoms with Crippen LogP contribution in [-0.2, 0) is 28.2 Å². The predicted molar refractivity (Wildman–Crippen MR) is 107 cm³/mol. The minimum absolute atomic E-state index is 0.156. The molecule has 5 rings (SSSR count). The van der Waals surface area contributed by atoms with Crippen molar-refractivity contribution in [3.05, 3.63) is 46.0 Å². The molecule has 0 bridgehead atoms. The Morgan fingerprint density at radius 1 is 1.31 bits per heavy atom. The van der Waals surface area contributed by atoms with Gasteiger partial charge in [-0.3, -0.25) is 19.7 Å². The molecular weight excluding hydrogens is 390 g/mol. The second-order valence-corrected chi connectivity index (χ2v) is 8.80. The standard InChI is InChI=1S/C20H21N5O3S/c21-20(5-6-20)15-10-29-19(23-15)22-8-11-1-2-13-12(7-11)9-25(18(13)28)14-3-4-16(26)24-17(14)27/h1-2,7,10,14H,3-6,8-9,21H2,(H,22,23)(H,24,26,27). The number of rotatable bonds is 5. The van der Waals surface area contributed by atoms with Crippen LogP contribution in [0, 0.1) is 0 Å². The first-order chi connectivity index (χ1) is 13.9. The highest BCUT2D eigenvalue weighted by Gasteiger charge is 2.42. The van der Waals surface area contributed by atoms with Crippen molar-refractivity contribution in [2.45, 2.75) is 50.4 Å². The third kappa shape index (κ3) is 3.30. The minimum atomic E-state index is -0.589. The van der Waals surface area contributed by atoms with Crippen LogP contribution in [-0.4, -0.2) is 33.6 Å². The van der Waals surface area contributed by atoms with Crippen molar-refractivity contribution in [1.82, 2.24) is 15.2 Å². The van der Waals surface area contributed by atoms with Crippen LogP contribution in [0.4, 0.5) is 5.13 Å². The summed E-state index contributed by atoms with van der Waals surface area (Å²) in [6, 6.07) is 5.13. The molecule has 0 spiro atoms. The molecule has 1 aliphatic carbocycles. The number of hydrogen-bond donors (Lipinski definition) is 3. The zero-order chi connectivity index (χ0) is 20.2. The highest BCUT2D eigenvalue weighted by Crippen LogP contribution is 2.43. The van der Waals surface area contributed by atoms with Gasteiger partial charge < -0.3 is 16.0 Å². The van der Waals surface area contributed by atoms with E-state index in [0.29, 0.717) is 25.1 Å². The van der Waals surface area contributed by atoms with Crippen LogP contribution >= 0.6 is 11.3 Å². The molecule has 1 saturated heterocycles. The quantitative estimate of drug-likeness (QED) is 0.642. The van der Waals surface area contributed by atoms with Gasteiger partial charge in [0.1, 0.15) is 6.04 Å². The lowest BCUT2D eigenvalue weighted by molar-refractivity contribution is -0.136. The fraction of sp³-hybridized carbons (Fsp3) is 0.400. The molecule has 8 nitrogen and oxygen atoms in total. The first-order valence-corrected chi connectivity index (χ1v) is 10.6. The van der Waals surface area contributed by atoms with Crippen molar-refractivity contribution in [2.75, 3.05) is 5.32 Å². The molecule has 1 saturated carbocycles. The Bertz CT molecular complexity index is 1030. The summed E-state index contributed by atoms with van der Waals surface area (Å²) in [6.45, 7) is 0.968. The molecule has 1 unspecified atom stereocenters. The second kappa shape index (κ2) is 6.64. The van der Waals surface area contributed by atoms with E-state index < -0.39 is 11.9 Å². The Hall–Kier alpha value is -2.78. The molecule has 2 aromatic rings. The van der Waals surface area contributed by atoms with Gasteiger partial charge in [0.15, 0.2) is 5.13 Å². The molecule has 0 radical (unpaired) electrons. The van der Waals surface area contributed by atoms with Crippen molar-refractivity contribution in [2.24, 2.45) is 5.73 Å². The Labute approximate surface area is 171 Å². The van der Waals surface area contributed by atoms with Gasteiger partial charge in [0, 0.05) is 30.5 Å². The van der Waals surface area contributed by atoms with Crippen LogP contribution in [0.3, 0.4) is 0 Å². The zero-order valence-electron chi connectivity index (χ0n) is 15.7. The average Bonchev–Trinajstić information content (AvgIpc) is 3.13. The smallest absolute Gasteiger partial charge is 0.255 e. The van der Waals surface area contributed by atoms with Crippen molar-refractivity contribution in [3.8, 4) is 0 Å². The van der Waals surface area contributed by atoms with Crippen LogP contribution in [0.5, 0.6) is 0 Å². The van der Waals surface area contributed by atoms with E-state index in [0.717, 1.165) is 34.8 Å². The number of nitrogens with zero attached hydrogens (tertiary/aromatic N) is 2. The molecule has 1 aromatic carbocycles. The molecule has 9 heteroatoms. The highest BCUT2D eigenvalue weighted by molar-refractivity contribution is 7.13. The molecule has 3 aliphatic rings. The molecule has 1 aromatic heterocycles.